The maximum absolute atomic E-state index is 12.1. The SMILES string of the molecule is CCc1noc(CC)c1CNC(=NC)NCc1ccc(N2CCCCC2=O)cc1.I. The van der Waals surface area contributed by atoms with Crippen molar-refractivity contribution in [1.29, 1.82) is 0 Å². The van der Waals surface area contributed by atoms with Crippen LogP contribution in [0.3, 0.4) is 0 Å². The Hall–Kier alpha value is -2.10. The second kappa shape index (κ2) is 11.9. The van der Waals surface area contributed by atoms with Crippen LogP contribution in [-0.2, 0) is 30.7 Å². The van der Waals surface area contributed by atoms with Crippen molar-refractivity contribution < 1.29 is 9.32 Å². The summed E-state index contributed by atoms with van der Waals surface area (Å²) in [5.74, 6) is 1.87. The van der Waals surface area contributed by atoms with Crippen molar-refractivity contribution in [2.75, 3.05) is 18.5 Å². The van der Waals surface area contributed by atoms with Crippen molar-refractivity contribution in [3.63, 3.8) is 0 Å². The number of guanidine groups is 1. The minimum absolute atomic E-state index is 0. The first kappa shape index (κ1) is 24.2. The van der Waals surface area contributed by atoms with Crippen LogP contribution < -0.4 is 15.5 Å². The average Bonchev–Trinajstić information content (AvgIpc) is 3.16. The van der Waals surface area contributed by atoms with E-state index >= 15 is 0 Å². The van der Waals surface area contributed by atoms with Gasteiger partial charge in [-0.05, 0) is 37.0 Å². The normalized spacial score (nSPS) is 14.4. The highest BCUT2D eigenvalue weighted by Gasteiger charge is 2.19. The van der Waals surface area contributed by atoms with Crippen LogP contribution in [0.5, 0.6) is 0 Å². The van der Waals surface area contributed by atoms with Crippen LogP contribution >= 0.6 is 24.0 Å². The number of piperidine rings is 1. The molecule has 0 aliphatic carbocycles. The number of benzene rings is 1. The van der Waals surface area contributed by atoms with E-state index in [0.29, 0.717) is 19.5 Å². The van der Waals surface area contributed by atoms with Crippen LogP contribution in [0.1, 0.15) is 55.7 Å². The molecular weight excluding hydrogens is 493 g/mol. The van der Waals surface area contributed by atoms with Crippen LogP contribution in [0.4, 0.5) is 5.69 Å². The third kappa shape index (κ3) is 5.96. The highest BCUT2D eigenvalue weighted by atomic mass is 127. The first-order valence-corrected chi connectivity index (χ1v) is 10.5. The molecule has 2 aromatic rings. The summed E-state index contributed by atoms with van der Waals surface area (Å²) in [6, 6.07) is 8.16. The van der Waals surface area contributed by atoms with E-state index in [4.69, 9.17) is 4.52 Å². The number of amides is 1. The predicted molar refractivity (Wildman–Crippen MR) is 130 cm³/mol. The number of carbonyl (C=O) groups is 1. The molecule has 7 nitrogen and oxygen atoms in total. The molecule has 1 aromatic carbocycles. The largest absolute Gasteiger partial charge is 0.361 e. The third-order valence-corrected chi connectivity index (χ3v) is 5.29. The number of aliphatic imine (C=N–C) groups is 1. The maximum atomic E-state index is 12.1. The quantitative estimate of drug-likeness (QED) is 0.327. The highest BCUT2D eigenvalue weighted by Crippen LogP contribution is 2.21. The molecule has 0 bridgehead atoms. The lowest BCUT2D eigenvalue weighted by atomic mass is 10.1. The van der Waals surface area contributed by atoms with Gasteiger partial charge in [-0.3, -0.25) is 9.79 Å². The Kier molecular flexibility index (Phi) is 9.61. The first-order chi connectivity index (χ1) is 14.2. The number of aromatic nitrogens is 1. The first-order valence-electron chi connectivity index (χ1n) is 10.5. The average molecular weight is 525 g/mol. The van der Waals surface area contributed by atoms with Gasteiger partial charge in [-0.1, -0.05) is 31.1 Å². The van der Waals surface area contributed by atoms with E-state index in [2.05, 4.69) is 46.8 Å². The van der Waals surface area contributed by atoms with Gasteiger partial charge in [0.2, 0.25) is 5.91 Å². The molecule has 3 rings (SSSR count). The zero-order valence-electron chi connectivity index (χ0n) is 18.0. The topological polar surface area (TPSA) is 82.8 Å². The van der Waals surface area contributed by atoms with Gasteiger partial charge in [0.05, 0.1) is 5.69 Å². The molecule has 2 heterocycles. The summed E-state index contributed by atoms with van der Waals surface area (Å²) < 4.78 is 5.42. The van der Waals surface area contributed by atoms with E-state index in [9.17, 15) is 4.79 Å². The zero-order valence-corrected chi connectivity index (χ0v) is 20.4. The van der Waals surface area contributed by atoms with E-state index < -0.39 is 0 Å². The van der Waals surface area contributed by atoms with Gasteiger partial charge in [-0.25, -0.2) is 0 Å². The molecule has 0 saturated carbocycles. The molecule has 30 heavy (non-hydrogen) atoms. The molecule has 164 valence electrons. The van der Waals surface area contributed by atoms with Crippen molar-refractivity contribution in [3.05, 3.63) is 46.8 Å². The molecule has 0 atom stereocenters. The Balaban J connectivity index is 0.00000320. The monoisotopic (exact) mass is 525 g/mol. The van der Waals surface area contributed by atoms with Crippen LogP contribution in [0.25, 0.3) is 0 Å². The summed E-state index contributed by atoms with van der Waals surface area (Å²) >= 11 is 0. The van der Waals surface area contributed by atoms with Crippen LogP contribution in [0, 0.1) is 0 Å². The fourth-order valence-corrected chi connectivity index (χ4v) is 3.59. The Morgan fingerprint density at radius 1 is 1.13 bits per heavy atom. The molecule has 1 amide bonds. The predicted octanol–water partition coefficient (Wildman–Crippen LogP) is 3.80. The summed E-state index contributed by atoms with van der Waals surface area (Å²) in [4.78, 5) is 18.3. The molecule has 2 N–H and O–H groups in total. The molecular formula is C22H32IN5O2. The van der Waals surface area contributed by atoms with Crippen molar-refractivity contribution in [1.82, 2.24) is 15.8 Å². The van der Waals surface area contributed by atoms with Crippen molar-refractivity contribution in [2.24, 2.45) is 4.99 Å². The Labute approximate surface area is 195 Å². The zero-order chi connectivity index (χ0) is 20.6. The fourth-order valence-electron chi connectivity index (χ4n) is 3.59. The Morgan fingerprint density at radius 3 is 2.50 bits per heavy atom. The molecule has 0 radical (unpaired) electrons. The molecule has 1 aliphatic rings. The number of hydrogen-bond acceptors (Lipinski definition) is 4. The van der Waals surface area contributed by atoms with E-state index in [1.807, 2.05) is 17.0 Å². The highest BCUT2D eigenvalue weighted by molar-refractivity contribution is 14.0. The molecule has 8 heteroatoms. The molecule has 0 spiro atoms. The van der Waals surface area contributed by atoms with Gasteiger partial charge in [0.15, 0.2) is 5.96 Å². The Morgan fingerprint density at radius 2 is 1.87 bits per heavy atom. The smallest absolute Gasteiger partial charge is 0.226 e. The lowest BCUT2D eigenvalue weighted by molar-refractivity contribution is -0.119. The van der Waals surface area contributed by atoms with Crippen molar-refractivity contribution in [2.45, 2.75) is 59.0 Å². The van der Waals surface area contributed by atoms with Crippen LogP contribution in [-0.4, -0.2) is 30.6 Å². The minimum atomic E-state index is 0. The summed E-state index contributed by atoms with van der Waals surface area (Å²) in [5, 5.41) is 10.8. The second-order valence-corrected chi connectivity index (χ2v) is 7.19. The fraction of sp³-hybridized carbons (Fsp3) is 0.500. The van der Waals surface area contributed by atoms with Gasteiger partial charge in [0.1, 0.15) is 5.76 Å². The number of halogens is 1. The van der Waals surface area contributed by atoms with Gasteiger partial charge in [-0.15, -0.1) is 24.0 Å². The summed E-state index contributed by atoms with van der Waals surface area (Å²) in [6.45, 7) is 6.24. The van der Waals surface area contributed by atoms with Crippen LogP contribution in [0.2, 0.25) is 0 Å². The van der Waals surface area contributed by atoms with E-state index in [0.717, 1.165) is 66.5 Å². The van der Waals surface area contributed by atoms with E-state index in [-0.39, 0.29) is 29.9 Å². The molecule has 1 aliphatic heterocycles. The number of nitrogens with zero attached hydrogens (tertiary/aromatic N) is 3. The molecule has 1 fully saturated rings. The van der Waals surface area contributed by atoms with E-state index in [1.165, 1.54) is 0 Å². The summed E-state index contributed by atoms with van der Waals surface area (Å²) in [7, 11) is 1.76. The summed E-state index contributed by atoms with van der Waals surface area (Å²) in [5.41, 5.74) is 4.23. The summed E-state index contributed by atoms with van der Waals surface area (Å²) in [6.07, 6.45) is 4.39. The number of aryl methyl sites for hydroxylation is 2. The number of nitrogens with one attached hydrogen (secondary N) is 2. The molecule has 1 saturated heterocycles. The molecule has 1 aromatic heterocycles. The number of rotatable bonds is 7. The second-order valence-electron chi connectivity index (χ2n) is 7.19. The van der Waals surface area contributed by atoms with Gasteiger partial charge in [-0.2, -0.15) is 0 Å². The lowest BCUT2D eigenvalue weighted by Crippen LogP contribution is -2.36. The molecule has 0 unspecified atom stereocenters. The minimum Gasteiger partial charge on any atom is -0.361 e. The Bertz CT molecular complexity index is 826. The van der Waals surface area contributed by atoms with Gasteiger partial charge in [0.25, 0.3) is 0 Å². The number of anilines is 1. The third-order valence-electron chi connectivity index (χ3n) is 5.29. The number of hydrogen-bond donors (Lipinski definition) is 2. The van der Waals surface area contributed by atoms with Gasteiger partial charge < -0.3 is 20.1 Å². The standard InChI is InChI=1S/C22H31N5O2.HI/c1-4-19-18(20(5-2)29-26-19)15-25-22(23-3)24-14-16-9-11-17(12-10-16)27-13-7-6-8-21(27)28;/h9-12H,4-8,13-15H2,1-3H3,(H2,23,24,25);1H. The number of carbonyl (C=O) groups excluding carboxylic acids is 1. The lowest BCUT2D eigenvalue weighted by Gasteiger charge is -2.26. The van der Waals surface area contributed by atoms with Crippen LogP contribution in [0.15, 0.2) is 33.8 Å². The maximum Gasteiger partial charge on any atom is 0.226 e. The van der Waals surface area contributed by atoms with Crippen molar-refractivity contribution in [3.8, 4) is 0 Å². The van der Waals surface area contributed by atoms with Gasteiger partial charge in [0, 0.05) is 50.8 Å². The van der Waals surface area contributed by atoms with Gasteiger partial charge >= 0.3 is 0 Å². The van der Waals surface area contributed by atoms with Crippen molar-refractivity contribution >= 4 is 41.5 Å². The van der Waals surface area contributed by atoms with E-state index in [1.54, 1.807) is 7.05 Å².